The Morgan fingerprint density at radius 1 is 1.44 bits per heavy atom. The highest BCUT2D eigenvalue weighted by Gasteiger charge is 2.28. The van der Waals surface area contributed by atoms with Crippen molar-refractivity contribution < 1.29 is 18.0 Å². The molecule has 0 atom stereocenters. The lowest BCUT2D eigenvalue weighted by molar-refractivity contribution is -0.144. The standard InChI is InChI=1S/C2H3F3N2O.ClH/c3-2(4,5)7-1(6)8;/h(H3,6,7,8);1H. The van der Waals surface area contributed by atoms with Gasteiger partial charge in [-0.3, -0.25) is 0 Å². The van der Waals surface area contributed by atoms with Crippen LogP contribution in [0.4, 0.5) is 18.0 Å². The lowest BCUT2D eigenvalue weighted by Gasteiger charge is -2.02. The fourth-order valence-corrected chi connectivity index (χ4v) is 0.140. The minimum Gasteiger partial charge on any atom is -0.351 e. The molecular weight excluding hydrogens is 160 g/mol. The van der Waals surface area contributed by atoms with Crippen molar-refractivity contribution in [1.82, 2.24) is 5.32 Å². The number of amides is 2. The normalized spacial score (nSPS) is 9.67. The van der Waals surface area contributed by atoms with E-state index < -0.39 is 12.3 Å². The lowest BCUT2D eigenvalue weighted by atomic mass is 11.0. The molecule has 2 amide bonds. The van der Waals surface area contributed by atoms with Crippen molar-refractivity contribution in [1.29, 1.82) is 0 Å². The quantitative estimate of drug-likeness (QED) is 0.506. The van der Waals surface area contributed by atoms with Gasteiger partial charge in [0.15, 0.2) is 0 Å². The van der Waals surface area contributed by atoms with Crippen molar-refractivity contribution in [2.75, 3.05) is 0 Å². The smallest absolute Gasteiger partial charge is 0.351 e. The first-order valence-corrected chi connectivity index (χ1v) is 1.56. The number of carbonyl (C=O) groups excluding carboxylic acids is 1. The summed E-state index contributed by atoms with van der Waals surface area (Å²) >= 11 is 0. The second-order valence-corrected chi connectivity index (χ2v) is 0.987. The molecule has 0 heterocycles. The van der Waals surface area contributed by atoms with Gasteiger partial charge in [0.05, 0.1) is 0 Å². The lowest BCUT2D eigenvalue weighted by Crippen LogP contribution is -2.40. The van der Waals surface area contributed by atoms with Gasteiger partial charge < -0.3 is 5.73 Å². The average molecular weight is 165 g/mol. The van der Waals surface area contributed by atoms with Crippen LogP contribution in [0.5, 0.6) is 0 Å². The summed E-state index contributed by atoms with van der Waals surface area (Å²) in [5.41, 5.74) is 4.11. The molecule has 0 aliphatic heterocycles. The molecule has 0 rings (SSSR count). The first kappa shape index (κ1) is 11.2. The fourth-order valence-electron chi connectivity index (χ4n) is 0.140. The molecule has 0 bridgehead atoms. The summed E-state index contributed by atoms with van der Waals surface area (Å²) in [6.07, 6.45) is -4.70. The van der Waals surface area contributed by atoms with Gasteiger partial charge in [0.2, 0.25) is 0 Å². The van der Waals surface area contributed by atoms with Crippen LogP contribution in [0.3, 0.4) is 0 Å². The summed E-state index contributed by atoms with van der Waals surface area (Å²) in [4.78, 5) is 9.41. The summed E-state index contributed by atoms with van der Waals surface area (Å²) in [6, 6.07) is -1.60. The van der Waals surface area contributed by atoms with Crippen LogP contribution in [-0.2, 0) is 0 Å². The Morgan fingerprint density at radius 2 is 1.78 bits per heavy atom. The van der Waals surface area contributed by atoms with E-state index in [-0.39, 0.29) is 12.4 Å². The number of urea groups is 1. The van der Waals surface area contributed by atoms with Gasteiger partial charge in [-0.25, -0.2) is 10.1 Å². The predicted molar refractivity (Wildman–Crippen MR) is 26.0 cm³/mol. The van der Waals surface area contributed by atoms with E-state index in [4.69, 9.17) is 0 Å². The largest absolute Gasteiger partial charge is 0.485 e. The highest BCUT2D eigenvalue weighted by Crippen LogP contribution is 2.07. The molecule has 0 saturated carbocycles. The Morgan fingerprint density at radius 3 is 1.78 bits per heavy atom. The van der Waals surface area contributed by atoms with Crippen molar-refractivity contribution in [3.05, 3.63) is 0 Å². The number of halogens is 4. The van der Waals surface area contributed by atoms with Gasteiger partial charge in [0, 0.05) is 0 Å². The van der Waals surface area contributed by atoms with Gasteiger partial charge in [-0.2, -0.15) is 13.2 Å². The SMILES string of the molecule is Cl.NC(=O)NC(F)(F)F. The molecule has 0 spiro atoms. The van der Waals surface area contributed by atoms with Gasteiger partial charge in [-0.05, 0) is 0 Å². The molecule has 0 aromatic heterocycles. The van der Waals surface area contributed by atoms with Crippen molar-refractivity contribution >= 4 is 18.4 Å². The van der Waals surface area contributed by atoms with Crippen molar-refractivity contribution in [2.45, 2.75) is 6.30 Å². The van der Waals surface area contributed by atoms with E-state index in [0.29, 0.717) is 5.32 Å². The number of alkyl halides is 3. The highest BCUT2D eigenvalue weighted by molar-refractivity contribution is 5.85. The summed E-state index contributed by atoms with van der Waals surface area (Å²) in [6.45, 7) is 0. The van der Waals surface area contributed by atoms with E-state index in [9.17, 15) is 18.0 Å². The topological polar surface area (TPSA) is 55.1 Å². The Kier molecular flexibility index (Phi) is 4.21. The third-order valence-electron chi connectivity index (χ3n) is 0.265. The zero-order valence-electron chi connectivity index (χ0n) is 4.03. The molecule has 0 aromatic carbocycles. The molecule has 0 aromatic rings. The fraction of sp³-hybridized carbons (Fsp3) is 0.500. The van der Waals surface area contributed by atoms with Gasteiger partial charge >= 0.3 is 12.3 Å². The number of nitrogens with one attached hydrogen (secondary N) is 1. The first-order valence-electron chi connectivity index (χ1n) is 1.56. The van der Waals surface area contributed by atoms with Crippen LogP contribution < -0.4 is 11.1 Å². The Labute approximate surface area is 54.8 Å². The van der Waals surface area contributed by atoms with Crippen molar-refractivity contribution in [2.24, 2.45) is 5.73 Å². The van der Waals surface area contributed by atoms with Crippen LogP contribution in [0.1, 0.15) is 0 Å². The summed E-state index contributed by atoms with van der Waals surface area (Å²) < 4.78 is 32.7. The molecule has 9 heavy (non-hydrogen) atoms. The third kappa shape index (κ3) is 11.1. The van der Waals surface area contributed by atoms with Crippen LogP contribution >= 0.6 is 12.4 Å². The van der Waals surface area contributed by atoms with E-state index in [2.05, 4.69) is 5.73 Å². The monoisotopic (exact) mass is 164 g/mol. The molecule has 0 radical (unpaired) electrons. The molecule has 0 fully saturated rings. The second-order valence-electron chi connectivity index (χ2n) is 0.987. The zero-order valence-corrected chi connectivity index (χ0v) is 4.84. The molecule has 7 heteroatoms. The van der Waals surface area contributed by atoms with Crippen molar-refractivity contribution in [3.63, 3.8) is 0 Å². The molecule has 0 aliphatic carbocycles. The second kappa shape index (κ2) is 3.39. The zero-order chi connectivity index (χ0) is 6.78. The molecular formula is C2H4ClF3N2O. The molecule has 0 aliphatic rings. The Bertz CT molecular complexity index is 102. The predicted octanol–water partition coefficient (Wildman–Crippen LogP) is 0.596. The highest BCUT2D eigenvalue weighted by atomic mass is 35.5. The van der Waals surface area contributed by atoms with Crippen LogP contribution in [0.2, 0.25) is 0 Å². The number of rotatable bonds is 0. The Balaban J connectivity index is 0. The van der Waals surface area contributed by atoms with Gasteiger partial charge in [-0.1, -0.05) is 0 Å². The number of hydrogen-bond donors (Lipinski definition) is 2. The number of hydrogen-bond acceptors (Lipinski definition) is 1. The van der Waals surface area contributed by atoms with Crippen LogP contribution in [0.25, 0.3) is 0 Å². The van der Waals surface area contributed by atoms with Gasteiger partial charge in [0.1, 0.15) is 0 Å². The molecule has 0 unspecified atom stereocenters. The van der Waals surface area contributed by atoms with E-state index in [1.165, 1.54) is 0 Å². The summed E-state index contributed by atoms with van der Waals surface area (Å²) in [5, 5.41) is 0.521. The molecule has 56 valence electrons. The maximum absolute atomic E-state index is 10.9. The third-order valence-corrected chi connectivity index (χ3v) is 0.265. The number of primary amides is 1. The van der Waals surface area contributed by atoms with Crippen LogP contribution in [0.15, 0.2) is 0 Å². The van der Waals surface area contributed by atoms with Gasteiger partial charge in [-0.15, -0.1) is 12.4 Å². The van der Waals surface area contributed by atoms with Crippen LogP contribution in [0, 0.1) is 0 Å². The maximum Gasteiger partial charge on any atom is 0.485 e. The van der Waals surface area contributed by atoms with Crippen LogP contribution in [-0.4, -0.2) is 12.3 Å². The van der Waals surface area contributed by atoms with Gasteiger partial charge in [0.25, 0.3) is 0 Å². The van der Waals surface area contributed by atoms with E-state index in [1.807, 2.05) is 0 Å². The van der Waals surface area contributed by atoms with E-state index in [0.717, 1.165) is 0 Å². The Hall–Kier alpha value is -0.650. The minimum atomic E-state index is -4.70. The minimum absolute atomic E-state index is 0. The summed E-state index contributed by atoms with van der Waals surface area (Å²) in [7, 11) is 0. The first-order chi connectivity index (χ1) is 3.42. The average Bonchev–Trinajstić information content (AvgIpc) is 1.21. The summed E-state index contributed by atoms with van der Waals surface area (Å²) in [5.74, 6) is 0. The maximum atomic E-state index is 10.9. The van der Waals surface area contributed by atoms with E-state index in [1.54, 1.807) is 0 Å². The molecule has 3 N–H and O–H groups in total. The molecule has 0 saturated heterocycles. The van der Waals surface area contributed by atoms with Crippen molar-refractivity contribution in [3.8, 4) is 0 Å². The van der Waals surface area contributed by atoms with E-state index >= 15 is 0 Å². The molecule has 3 nitrogen and oxygen atoms in total. The number of carbonyl (C=O) groups is 1. The number of nitrogens with two attached hydrogens (primary N) is 1.